The molecule has 2 aromatic rings. The van der Waals surface area contributed by atoms with Crippen molar-refractivity contribution >= 4 is 22.4 Å². The third kappa shape index (κ3) is 2.48. The van der Waals surface area contributed by atoms with E-state index in [1.807, 2.05) is 18.2 Å². The molecule has 19 heavy (non-hydrogen) atoms. The van der Waals surface area contributed by atoms with E-state index < -0.39 is 0 Å². The zero-order valence-corrected chi connectivity index (χ0v) is 11.3. The van der Waals surface area contributed by atoms with Gasteiger partial charge in [0, 0.05) is 17.1 Å². The van der Waals surface area contributed by atoms with Gasteiger partial charge in [0.15, 0.2) is 0 Å². The van der Waals surface area contributed by atoms with Gasteiger partial charge in [-0.3, -0.25) is 0 Å². The largest absolute Gasteiger partial charge is 0.399 e. The summed E-state index contributed by atoms with van der Waals surface area (Å²) in [5, 5.41) is 4.60. The Hall–Kier alpha value is -1.84. The van der Waals surface area contributed by atoms with E-state index in [0.717, 1.165) is 28.3 Å². The molecule has 1 atom stereocenters. The monoisotopic (exact) mass is 256 g/mol. The van der Waals surface area contributed by atoms with E-state index >= 15 is 0 Å². The molecular formula is C15H20N4. The predicted molar refractivity (Wildman–Crippen MR) is 79.0 cm³/mol. The molecule has 0 aliphatic heterocycles. The molecule has 1 saturated carbocycles. The highest BCUT2D eigenvalue weighted by molar-refractivity contribution is 5.90. The molecule has 1 aliphatic rings. The zero-order chi connectivity index (χ0) is 13.2. The standard InChI is InChI=1S/C15H20N4/c1-10(11-4-2-3-5-11)19-15-13-7-6-12(16)8-14(13)17-9-18-15/h6-11H,2-5,16H2,1H3,(H,17,18,19). The number of hydrogen-bond donors (Lipinski definition) is 2. The number of benzene rings is 1. The first-order chi connectivity index (χ1) is 9.24. The van der Waals surface area contributed by atoms with Gasteiger partial charge in [0.05, 0.1) is 5.52 Å². The fourth-order valence-corrected chi connectivity index (χ4v) is 2.98. The Bertz CT molecular complexity index is 575. The molecule has 1 unspecified atom stereocenters. The van der Waals surface area contributed by atoms with Crippen LogP contribution in [0.1, 0.15) is 32.6 Å². The molecule has 1 heterocycles. The van der Waals surface area contributed by atoms with Gasteiger partial charge >= 0.3 is 0 Å². The summed E-state index contributed by atoms with van der Waals surface area (Å²) in [6.45, 7) is 2.25. The molecular weight excluding hydrogens is 236 g/mol. The molecule has 0 amide bonds. The topological polar surface area (TPSA) is 63.8 Å². The van der Waals surface area contributed by atoms with Gasteiger partial charge in [0.2, 0.25) is 0 Å². The van der Waals surface area contributed by atoms with Crippen molar-refractivity contribution in [2.75, 3.05) is 11.1 Å². The maximum atomic E-state index is 5.79. The summed E-state index contributed by atoms with van der Waals surface area (Å²) >= 11 is 0. The van der Waals surface area contributed by atoms with Crippen LogP contribution in [0.2, 0.25) is 0 Å². The fraction of sp³-hybridized carbons (Fsp3) is 0.467. The molecule has 0 bridgehead atoms. The summed E-state index contributed by atoms with van der Waals surface area (Å²) in [6.07, 6.45) is 6.97. The SMILES string of the molecule is CC(Nc1ncnc2cc(N)ccc12)C1CCCC1. The van der Waals surface area contributed by atoms with E-state index in [-0.39, 0.29) is 0 Å². The third-order valence-corrected chi connectivity index (χ3v) is 4.13. The van der Waals surface area contributed by atoms with Gasteiger partial charge in [0.25, 0.3) is 0 Å². The van der Waals surface area contributed by atoms with Crippen LogP contribution in [0.15, 0.2) is 24.5 Å². The van der Waals surface area contributed by atoms with Gasteiger partial charge in [-0.25, -0.2) is 9.97 Å². The maximum Gasteiger partial charge on any atom is 0.137 e. The van der Waals surface area contributed by atoms with Crippen LogP contribution in [0.4, 0.5) is 11.5 Å². The lowest BCUT2D eigenvalue weighted by atomic mass is 10.00. The van der Waals surface area contributed by atoms with Crippen LogP contribution in [-0.4, -0.2) is 16.0 Å². The highest BCUT2D eigenvalue weighted by Crippen LogP contribution is 2.30. The Labute approximate surface area is 113 Å². The van der Waals surface area contributed by atoms with Gasteiger partial charge in [-0.15, -0.1) is 0 Å². The Kier molecular flexibility index (Phi) is 3.23. The van der Waals surface area contributed by atoms with Crippen LogP contribution in [0.5, 0.6) is 0 Å². The molecule has 1 aromatic carbocycles. The summed E-state index contributed by atoms with van der Waals surface area (Å²) in [6, 6.07) is 6.24. The van der Waals surface area contributed by atoms with Gasteiger partial charge < -0.3 is 11.1 Å². The number of nitrogens with two attached hydrogens (primary N) is 1. The van der Waals surface area contributed by atoms with Crippen molar-refractivity contribution in [3.8, 4) is 0 Å². The molecule has 0 spiro atoms. The van der Waals surface area contributed by atoms with Crippen molar-refractivity contribution in [2.45, 2.75) is 38.6 Å². The lowest BCUT2D eigenvalue weighted by molar-refractivity contribution is 0.481. The summed E-state index contributed by atoms with van der Waals surface area (Å²) in [5.74, 6) is 1.68. The van der Waals surface area contributed by atoms with Crippen molar-refractivity contribution < 1.29 is 0 Å². The van der Waals surface area contributed by atoms with Crippen molar-refractivity contribution in [3.63, 3.8) is 0 Å². The van der Waals surface area contributed by atoms with Crippen LogP contribution >= 0.6 is 0 Å². The molecule has 4 nitrogen and oxygen atoms in total. The van der Waals surface area contributed by atoms with Gasteiger partial charge in [-0.05, 0) is 43.9 Å². The van der Waals surface area contributed by atoms with E-state index in [1.54, 1.807) is 6.33 Å². The van der Waals surface area contributed by atoms with E-state index in [2.05, 4.69) is 22.2 Å². The Morgan fingerprint density at radius 1 is 1.26 bits per heavy atom. The van der Waals surface area contributed by atoms with Crippen molar-refractivity contribution in [3.05, 3.63) is 24.5 Å². The first-order valence-electron chi connectivity index (χ1n) is 7.01. The van der Waals surface area contributed by atoms with E-state index in [4.69, 9.17) is 5.73 Å². The van der Waals surface area contributed by atoms with E-state index in [9.17, 15) is 0 Å². The van der Waals surface area contributed by atoms with Crippen molar-refractivity contribution in [1.82, 2.24) is 9.97 Å². The molecule has 3 N–H and O–H groups in total. The zero-order valence-electron chi connectivity index (χ0n) is 11.3. The summed E-state index contributed by atoms with van der Waals surface area (Å²) < 4.78 is 0. The van der Waals surface area contributed by atoms with Gasteiger partial charge in [-0.2, -0.15) is 0 Å². The number of anilines is 2. The Balaban J connectivity index is 1.87. The first kappa shape index (κ1) is 12.2. The first-order valence-corrected chi connectivity index (χ1v) is 7.01. The molecule has 1 fully saturated rings. The predicted octanol–water partition coefficient (Wildman–Crippen LogP) is 3.20. The summed E-state index contributed by atoms with van der Waals surface area (Å²) in [4.78, 5) is 8.66. The lowest BCUT2D eigenvalue weighted by Crippen LogP contribution is -2.24. The van der Waals surface area contributed by atoms with E-state index in [0.29, 0.717) is 6.04 Å². The van der Waals surface area contributed by atoms with Crippen LogP contribution in [0, 0.1) is 5.92 Å². The summed E-state index contributed by atoms with van der Waals surface area (Å²) in [7, 11) is 0. The second-order valence-corrected chi connectivity index (χ2v) is 5.48. The van der Waals surface area contributed by atoms with Gasteiger partial charge in [0.1, 0.15) is 12.1 Å². The number of fused-ring (bicyclic) bond motifs is 1. The highest BCUT2D eigenvalue weighted by Gasteiger charge is 2.22. The van der Waals surface area contributed by atoms with E-state index in [1.165, 1.54) is 25.7 Å². The number of hydrogen-bond acceptors (Lipinski definition) is 4. The quantitative estimate of drug-likeness (QED) is 0.828. The average molecular weight is 256 g/mol. The van der Waals surface area contributed by atoms with Crippen LogP contribution in [0.3, 0.4) is 0 Å². The second kappa shape index (κ2) is 5.03. The Morgan fingerprint density at radius 2 is 2.05 bits per heavy atom. The fourth-order valence-electron chi connectivity index (χ4n) is 2.98. The molecule has 0 saturated heterocycles. The number of aromatic nitrogens is 2. The lowest BCUT2D eigenvalue weighted by Gasteiger charge is -2.21. The van der Waals surface area contributed by atoms with Crippen molar-refractivity contribution in [1.29, 1.82) is 0 Å². The average Bonchev–Trinajstić information content (AvgIpc) is 2.92. The van der Waals surface area contributed by atoms with Crippen LogP contribution in [-0.2, 0) is 0 Å². The number of nitrogens with zero attached hydrogens (tertiary/aromatic N) is 2. The molecule has 100 valence electrons. The van der Waals surface area contributed by atoms with Gasteiger partial charge in [-0.1, -0.05) is 12.8 Å². The summed E-state index contributed by atoms with van der Waals surface area (Å²) in [5.41, 5.74) is 7.43. The third-order valence-electron chi connectivity index (χ3n) is 4.13. The number of rotatable bonds is 3. The minimum absolute atomic E-state index is 0.457. The number of nitrogens with one attached hydrogen (secondary N) is 1. The smallest absolute Gasteiger partial charge is 0.137 e. The second-order valence-electron chi connectivity index (χ2n) is 5.48. The molecule has 0 radical (unpaired) electrons. The van der Waals surface area contributed by atoms with Crippen LogP contribution < -0.4 is 11.1 Å². The maximum absolute atomic E-state index is 5.79. The van der Waals surface area contributed by atoms with Crippen LogP contribution in [0.25, 0.3) is 10.9 Å². The molecule has 4 heteroatoms. The minimum atomic E-state index is 0.457. The highest BCUT2D eigenvalue weighted by atomic mass is 15.0. The Morgan fingerprint density at radius 3 is 2.84 bits per heavy atom. The molecule has 1 aromatic heterocycles. The normalized spacial score (nSPS) is 17.7. The molecule has 1 aliphatic carbocycles. The van der Waals surface area contributed by atoms with Crippen molar-refractivity contribution in [2.24, 2.45) is 5.92 Å². The minimum Gasteiger partial charge on any atom is -0.399 e. The molecule has 3 rings (SSSR count). The number of nitrogen functional groups attached to an aromatic ring is 1.